The van der Waals surface area contributed by atoms with Crippen LogP contribution < -0.4 is 10.1 Å². The van der Waals surface area contributed by atoms with Crippen molar-refractivity contribution in [2.24, 2.45) is 0 Å². The summed E-state index contributed by atoms with van der Waals surface area (Å²) in [5.74, 6) is 0.975. The first-order chi connectivity index (χ1) is 15.5. The predicted molar refractivity (Wildman–Crippen MR) is 133 cm³/mol. The molecule has 0 radical (unpaired) electrons. The Balaban J connectivity index is 1.39. The number of carbonyl (C=O) groups excluding carboxylic acids is 1. The second kappa shape index (κ2) is 10.2. The van der Waals surface area contributed by atoms with Crippen molar-refractivity contribution in [2.45, 2.75) is 11.9 Å². The number of anilines is 1. The maximum Gasteiger partial charge on any atom is 0.234 e. The van der Waals surface area contributed by atoms with Crippen molar-refractivity contribution in [1.29, 1.82) is 0 Å². The molecular weight excluding hydrogens is 508 g/mol. The number of nitrogens with zero attached hydrogens (tertiary/aromatic N) is 3. The molecule has 162 valence electrons. The van der Waals surface area contributed by atoms with E-state index >= 15 is 0 Å². The van der Waals surface area contributed by atoms with Crippen molar-refractivity contribution in [1.82, 2.24) is 15.2 Å². The van der Waals surface area contributed by atoms with Gasteiger partial charge in [0.2, 0.25) is 5.91 Å². The van der Waals surface area contributed by atoms with Crippen LogP contribution in [0.15, 0.2) is 70.2 Å². The third-order valence-corrected chi connectivity index (χ3v) is 7.16. The quantitative estimate of drug-likeness (QED) is 0.294. The van der Waals surface area contributed by atoms with Crippen molar-refractivity contribution in [3.63, 3.8) is 0 Å². The van der Waals surface area contributed by atoms with E-state index in [0.717, 1.165) is 42.7 Å². The molecule has 6 nitrogen and oxygen atoms in total. The lowest BCUT2D eigenvalue weighted by atomic mass is 10.2. The van der Waals surface area contributed by atoms with E-state index in [4.69, 9.17) is 4.74 Å². The highest BCUT2D eigenvalue weighted by Crippen LogP contribution is 2.35. The third-order valence-electron chi connectivity index (χ3n) is 4.49. The monoisotopic (exact) mass is 526 g/mol. The van der Waals surface area contributed by atoms with Crippen LogP contribution in [0, 0.1) is 6.92 Å². The molecule has 2 aromatic carbocycles. The number of benzene rings is 2. The van der Waals surface area contributed by atoms with Gasteiger partial charge in [-0.25, -0.2) is 4.98 Å². The molecule has 0 saturated heterocycles. The number of nitrogens with one attached hydrogen (secondary N) is 1. The minimum Gasteiger partial charge on any atom is -0.497 e. The Labute approximate surface area is 202 Å². The van der Waals surface area contributed by atoms with Crippen molar-refractivity contribution in [3.8, 4) is 26.9 Å². The zero-order valence-electron chi connectivity index (χ0n) is 17.3. The zero-order valence-corrected chi connectivity index (χ0v) is 20.6. The number of halogens is 1. The van der Waals surface area contributed by atoms with Crippen LogP contribution in [0.25, 0.3) is 21.1 Å². The minimum atomic E-state index is -0.0920. The van der Waals surface area contributed by atoms with Crippen LogP contribution in [0.3, 0.4) is 0 Å². The average Bonchev–Trinajstić information content (AvgIpc) is 3.21. The summed E-state index contributed by atoms with van der Waals surface area (Å²) < 4.78 is 6.18. The summed E-state index contributed by atoms with van der Waals surface area (Å²) in [7, 11) is 1.65. The smallest absolute Gasteiger partial charge is 0.234 e. The van der Waals surface area contributed by atoms with Gasteiger partial charge in [-0.3, -0.25) is 4.79 Å². The number of thiazole rings is 1. The van der Waals surface area contributed by atoms with E-state index in [1.807, 2.05) is 67.6 Å². The van der Waals surface area contributed by atoms with E-state index in [-0.39, 0.29) is 11.7 Å². The maximum absolute atomic E-state index is 12.2. The molecule has 0 aliphatic carbocycles. The second-order valence-corrected chi connectivity index (χ2v) is 9.67. The van der Waals surface area contributed by atoms with Gasteiger partial charge in [0, 0.05) is 15.7 Å². The number of aromatic nitrogens is 3. The maximum atomic E-state index is 12.2. The van der Waals surface area contributed by atoms with Gasteiger partial charge < -0.3 is 10.1 Å². The molecule has 4 rings (SSSR count). The SMILES string of the molecule is COc1ccc(-c2nc(C)c(-c3ccc(SCC(=O)Nc4ccc(Br)cc4)nn3)s2)cc1. The number of amides is 1. The fourth-order valence-corrected chi connectivity index (χ4v) is 4.79. The van der Waals surface area contributed by atoms with Crippen molar-refractivity contribution in [2.75, 3.05) is 18.2 Å². The number of rotatable bonds is 7. The molecule has 1 N–H and O–H groups in total. The van der Waals surface area contributed by atoms with Crippen LogP contribution in [0.5, 0.6) is 5.75 Å². The number of hydrogen-bond acceptors (Lipinski definition) is 7. The first kappa shape index (κ1) is 22.4. The molecule has 1 amide bonds. The molecule has 0 saturated carbocycles. The Hall–Kier alpha value is -2.75. The van der Waals surface area contributed by atoms with Crippen molar-refractivity contribution < 1.29 is 9.53 Å². The summed E-state index contributed by atoms with van der Waals surface area (Å²) in [6.07, 6.45) is 0. The van der Waals surface area contributed by atoms with Gasteiger partial charge in [0.25, 0.3) is 0 Å². The molecule has 0 spiro atoms. The Morgan fingerprint density at radius 3 is 2.47 bits per heavy atom. The normalized spacial score (nSPS) is 10.7. The van der Waals surface area contributed by atoms with Gasteiger partial charge >= 0.3 is 0 Å². The van der Waals surface area contributed by atoms with Crippen LogP contribution >= 0.6 is 39.0 Å². The largest absolute Gasteiger partial charge is 0.497 e. The number of thioether (sulfide) groups is 1. The van der Waals surface area contributed by atoms with Crippen LogP contribution in [0.2, 0.25) is 0 Å². The summed E-state index contributed by atoms with van der Waals surface area (Å²) >= 11 is 6.30. The lowest BCUT2D eigenvalue weighted by molar-refractivity contribution is -0.113. The summed E-state index contributed by atoms with van der Waals surface area (Å²) in [5.41, 5.74) is 3.46. The summed E-state index contributed by atoms with van der Waals surface area (Å²) in [6.45, 7) is 1.97. The Morgan fingerprint density at radius 2 is 1.81 bits per heavy atom. The molecule has 0 aliphatic rings. The van der Waals surface area contributed by atoms with Crippen LogP contribution in [-0.4, -0.2) is 34.0 Å². The fourth-order valence-electron chi connectivity index (χ4n) is 2.88. The van der Waals surface area contributed by atoms with Gasteiger partial charge in [0.1, 0.15) is 21.5 Å². The molecule has 0 atom stereocenters. The van der Waals surface area contributed by atoms with E-state index in [2.05, 4.69) is 36.4 Å². The molecule has 0 aliphatic heterocycles. The van der Waals surface area contributed by atoms with Crippen molar-refractivity contribution in [3.05, 3.63) is 70.8 Å². The molecule has 4 aromatic rings. The average molecular weight is 527 g/mol. The van der Waals surface area contributed by atoms with Crippen molar-refractivity contribution >= 4 is 50.6 Å². The molecular formula is C23H19BrN4O2S2. The summed E-state index contributed by atoms with van der Waals surface area (Å²) in [6, 6.07) is 19.1. The summed E-state index contributed by atoms with van der Waals surface area (Å²) in [5, 5.41) is 13.1. The van der Waals surface area contributed by atoms with Crippen LogP contribution in [0.4, 0.5) is 5.69 Å². The Bertz CT molecular complexity index is 1210. The lowest BCUT2D eigenvalue weighted by Gasteiger charge is -2.05. The Kier molecular flexibility index (Phi) is 7.19. The molecule has 32 heavy (non-hydrogen) atoms. The number of ether oxygens (including phenoxy) is 1. The van der Waals surface area contributed by atoms with E-state index < -0.39 is 0 Å². The first-order valence-corrected chi connectivity index (χ1v) is 12.3. The highest BCUT2D eigenvalue weighted by Gasteiger charge is 2.14. The first-order valence-electron chi connectivity index (χ1n) is 9.66. The van der Waals surface area contributed by atoms with E-state index in [1.54, 1.807) is 18.4 Å². The zero-order chi connectivity index (χ0) is 22.5. The Morgan fingerprint density at radius 1 is 1.06 bits per heavy atom. The topological polar surface area (TPSA) is 77.0 Å². The molecule has 2 aromatic heterocycles. The van der Waals surface area contributed by atoms with Gasteiger partial charge in [0.05, 0.1) is 23.4 Å². The van der Waals surface area contributed by atoms with Crippen LogP contribution in [0.1, 0.15) is 5.69 Å². The predicted octanol–water partition coefficient (Wildman–Crippen LogP) is 6.08. The summed E-state index contributed by atoms with van der Waals surface area (Å²) in [4.78, 5) is 17.8. The van der Waals surface area contributed by atoms with Crippen LogP contribution in [-0.2, 0) is 4.79 Å². The van der Waals surface area contributed by atoms with Gasteiger partial charge in [0.15, 0.2) is 0 Å². The highest BCUT2D eigenvalue weighted by atomic mass is 79.9. The molecule has 0 unspecified atom stereocenters. The molecule has 0 fully saturated rings. The number of methoxy groups -OCH3 is 1. The second-order valence-electron chi connectivity index (χ2n) is 6.76. The molecule has 0 bridgehead atoms. The fraction of sp³-hybridized carbons (Fsp3) is 0.130. The standard InChI is InChI=1S/C23H19BrN4O2S2/c1-14-22(32-23(25-14)15-3-9-18(30-2)10-4-15)19-11-12-21(28-27-19)31-13-20(29)26-17-7-5-16(24)6-8-17/h3-12H,13H2,1-2H3,(H,26,29). The highest BCUT2D eigenvalue weighted by molar-refractivity contribution is 9.10. The van der Waals surface area contributed by atoms with E-state index in [1.165, 1.54) is 11.8 Å². The molecule has 2 heterocycles. The van der Waals surface area contributed by atoms with Gasteiger partial charge in [-0.1, -0.05) is 27.7 Å². The number of carbonyl (C=O) groups is 1. The van der Waals surface area contributed by atoms with E-state index in [0.29, 0.717) is 5.03 Å². The van der Waals surface area contributed by atoms with Gasteiger partial charge in [-0.15, -0.1) is 21.5 Å². The van der Waals surface area contributed by atoms with Gasteiger partial charge in [-0.05, 0) is 67.6 Å². The third kappa shape index (κ3) is 5.53. The van der Waals surface area contributed by atoms with E-state index in [9.17, 15) is 4.79 Å². The molecule has 9 heteroatoms. The minimum absolute atomic E-state index is 0.0920. The number of hydrogen-bond donors (Lipinski definition) is 1. The number of aryl methyl sites for hydroxylation is 1. The lowest BCUT2D eigenvalue weighted by Crippen LogP contribution is -2.14. The van der Waals surface area contributed by atoms with Gasteiger partial charge in [-0.2, -0.15) is 0 Å².